The topological polar surface area (TPSA) is 79.3 Å². The summed E-state index contributed by atoms with van der Waals surface area (Å²) in [5.41, 5.74) is 0.218. The molecule has 0 saturated heterocycles. The number of nitrogens with zero attached hydrogens (tertiary/aromatic N) is 1. The molecule has 0 aromatic carbocycles. The SMILES string of the molecule is O=C(O)c1ccc(C(=O)Nc2ccc(Br)s2)nc1. The normalized spacial score (nSPS) is 10.1. The van der Waals surface area contributed by atoms with Gasteiger partial charge in [0.05, 0.1) is 14.4 Å². The summed E-state index contributed by atoms with van der Waals surface area (Å²) < 4.78 is 0.909. The van der Waals surface area contributed by atoms with Crippen molar-refractivity contribution < 1.29 is 14.7 Å². The van der Waals surface area contributed by atoms with E-state index in [-0.39, 0.29) is 17.2 Å². The van der Waals surface area contributed by atoms with Gasteiger partial charge in [0, 0.05) is 6.20 Å². The summed E-state index contributed by atoms with van der Waals surface area (Å²) in [5.74, 6) is -1.45. The van der Waals surface area contributed by atoms with Gasteiger partial charge < -0.3 is 10.4 Å². The van der Waals surface area contributed by atoms with Gasteiger partial charge in [0.1, 0.15) is 5.69 Å². The Morgan fingerprint density at radius 1 is 1.28 bits per heavy atom. The number of carboxylic acid groups (broad SMARTS) is 1. The summed E-state index contributed by atoms with van der Waals surface area (Å²) in [7, 11) is 0. The molecule has 0 aliphatic rings. The molecule has 18 heavy (non-hydrogen) atoms. The van der Waals surface area contributed by atoms with Crippen molar-refractivity contribution in [3.63, 3.8) is 0 Å². The van der Waals surface area contributed by atoms with E-state index < -0.39 is 5.97 Å². The Morgan fingerprint density at radius 2 is 2.06 bits per heavy atom. The van der Waals surface area contributed by atoms with Crippen molar-refractivity contribution >= 4 is 44.1 Å². The Balaban J connectivity index is 2.11. The Hall–Kier alpha value is -1.73. The van der Waals surface area contributed by atoms with Crippen LogP contribution in [0.25, 0.3) is 0 Å². The van der Waals surface area contributed by atoms with Gasteiger partial charge in [-0.05, 0) is 40.2 Å². The number of aromatic carboxylic acids is 1. The predicted molar refractivity (Wildman–Crippen MR) is 71.2 cm³/mol. The average molecular weight is 327 g/mol. The number of carbonyl (C=O) groups excluding carboxylic acids is 1. The average Bonchev–Trinajstić information content (AvgIpc) is 2.75. The van der Waals surface area contributed by atoms with E-state index in [0.29, 0.717) is 5.00 Å². The number of hydrogen-bond acceptors (Lipinski definition) is 4. The van der Waals surface area contributed by atoms with Crippen molar-refractivity contribution in [3.05, 3.63) is 45.5 Å². The second-order valence-corrected chi connectivity index (χ2v) is 5.76. The number of pyridine rings is 1. The van der Waals surface area contributed by atoms with E-state index in [9.17, 15) is 9.59 Å². The third-order valence-corrected chi connectivity index (χ3v) is 3.59. The summed E-state index contributed by atoms with van der Waals surface area (Å²) in [6, 6.07) is 6.30. The minimum Gasteiger partial charge on any atom is -0.478 e. The van der Waals surface area contributed by atoms with Gasteiger partial charge in [-0.15, -0.1) is 11.3 Å². The largest absolute Gasteiger partial charge is 0.478 e. The van der Waals surface area contributed by atoms with Crippen LogP contribution < -0.4 is 5.32 Å². The van der Waals surface area contributed by atoms with Gasteiger partial charge in [-0.3, -0.25) is 9.78 Å². The number of amides is 1. The zero-order valence-electron chi connectivity index (χ0n) is 8.88. The van der Waals surface area contributed by atoms with Crippen LogP contribution in [0.4, 0.5) is 5.00 Å². The number of halogens is 1. The third-order valence-electron chi connectivity index (χ3n) is 2.05. The summed E-state index contributed by atoms with van der Waals surface area (Å²) in [4.78, 5) is 26.2. The first-order chi connectivity index (χ1) is 8.56. The van der Waals surface area contributed by atoms with Crippen molar-refractivity contribution in [3.8, 4) is 0 Å². The van der Waals surface area contributed by atoms with Crippen molar-refractivity contribution in [2.45, 2.75) is 0 Å². The maximum Gasteiger partial charge on any atom is 0.337 e. The van der Waals surface area contributed by atoms with Gasteiger partial charge in [0.25, 0.3) is 5.91 Å². The first-order valence-electron chi connectivity index (χ1n) is 4.82. The molecule has 0 unspecified atom stereocenters. The van der Waals surface area contributed by atoms with Crippen molar-refractivity contribution in [1.82, 2.24) is 4.98 Å². The molecule has 0 radical (unpaired) electrons. The highest BCUT2D eigenvalue weighted by molar-refractivity contribution is 9.11. The zero-order valence-corrected chi connectivity index (χ0v) is 11.3. The number of carboxylic acids is 1. The Bertz CT molecular complexity index is 595. The van der Waals surface area contributed by atoms with Crippen molar-refractivity contribution in [2.24, 2.45) is 0 Å². The smallest absolute Gasteiger partial charge is 0.337 e. The molecule has 0 saturated carbocycles. The molecule has 5 nitrogen and oxygen atoms in total. The second-order valence-electron chi connectivity index (χ2n) is 3.30. The maximum atomic E-state index is 11.8. The van der Waals surface area contributed by atoms with E-state index in [2.05, 4.69) is 26.2 Å². The fraction of sp³-hybridized carbons (Fsp3) is 0. The number of rotatable bonds is 3. The number of aromatic nitrogens is 1. The monoisotopic (exact) mass is 326 g/mol. The van der Waals surface area contributed by atoms with E-state index in [1.54, 1.807) is 6.07 Å². The molecular weight excluding hydrogens is 320 g/mol. The third kappa shape index (κ3) is 2.93. The Labute approximate surface area is 115 Å². The quantitative estimate of drug-likeness (QED) is 0.908. The van der Waals surface area contributed by atoms with E-state index in [0.717, 1.165) is 9.98 Å². The van der Waals surface area contributed by atoms with E-state index >= 15 is 0 Å². The highest BCUT2D eigenvalue weighted by Crippen LogP contribution is 2.26. The first kappa shape index (κ1) is 12.7. The Kier molecular flexibility index (Phi) is 3.73. The molecule has 0 aliphatic carbocycles. The number of nitrogens with one attached hydrogen (secondary N) is 1. The first-order valence-corrected chi connectivity index (χ1v) is 6.43. The molecule has 1 amide bonds. The molecule has 2 aromatic rings. The summed E-state index contributed by atoms with van der Waals surface area (Å²) in [6.07, 6.45) is 1.15. The minimum atomic E-state index is -1.07. The molecule has 0 fully saturated rings. The predicted octanol–water partition coefficient (Wildman–Crippen LogP) is 2.86. The fourth-order valence-corrected chi connectivity index (χ4v) is 2.49. The molecule has 0 atom stereocenters. The van der Waals surface area contributed by atoms with Crippen LogP contribution in [0, 0.1) is 0 Å². The van der Waals surface area contributed by atoms with Gasteiger partial charge in [-0.25, -0.2) is 4.79 Å². The summed E-state index contributed by atoms with van der Waals surface area (Å²) in [5, 5.41) is 12.1. The van der Waals surface area contributed by atoms with Crippen LogP contribution in [0.5, 0.6) is 0 Å². The molecule has 7 heteroatoms. The lowest BCUT2D eigenvalue weighted by atomic mass is 10.2. The van der Waals surface area contributed by atoms with Gasteiger partial charge in [0.15, 0.2) is 0 Å². The molecule has 92 valence electrons. The van der Waals surface area contributed by atoms with E-state index in [1.165, 1.54) is 23.5 Å². The van der Waals surface area contributed by atoms with Crippen LogP contribution in [-0.4, -0.2) is 22.0 Å². The molecule has 2 rings (SSSR count). The van der Waals surface area contributed by atoms with Crippen LogP contribution in [0.1, 0.15) is 20.8 Å². The lowest BCUT2D eigenvalue weighted by Crippen LogP contribution is -2.13. The zero-order chi connectivity index (χ0) is 13.1. The summed E-state index contributed by atoms with van der Waals surface area (Å²) in [6.45, 7) is 0. The fourth-order valence-electron chi connectivity index (χ4n) is 1.21. The summed E-state index contributed by atoms with van der Waals surface area (Å²) >= 11 is 4.67. The van der Waals surface area contributed by atoms with Crippen LogP contribution in [0.2, 0.25) is 0 Å². The highest BCUT2D eigenvalue weighted by Gasteiger charge is 2.10. The van der Waals surface area contributed by atoms with Gasteiger partial charge in [-0.1, -0.05) is 0 Å². The lowest BCUT2D eigenvalue weighted by molar-refractivity contribution is 0.0696. The number of hydrogen-bond donors (Lipinski definition) is 2. The molecular formula is C11H7BrN2O3S. The molecule has 0 spiro atoms. The van der Waals surface area contributed by atoms with Crippen LogP contribution >= 0.6 is 27.3 Å². The maximum absolute atomic E-state index is 11.8. The van der Waals surface area contributed by atoms with Gasteiger partial charge in [0.2, 0.25) is 0 Å². The number of anilines is 1. The van der Waals surface area contributed by atoms with Crippen LogP contribution in [0.15, 0.2) is 34.2 Å². The lowest BCUT2D eigenvalue weighted by Gasteiger charge is -2.01. The van der Waals surface area contributed by atoms with E-state index in [1.807, 2.05) is 6.07 Å². The Morgan fingerprint density at radius 3 is 2.56 bits per heavy atom. The van der Waals surface area contributed by atoms with Crippen molar-refractivity contribution in [2.75, 3.05) is 5.32 Å². The number of thiophene rings is 1. The van der Waals surface area contributed by atoms with Gasteiger partial charge >= 0.3 is 5.97 Å². The van der Waals surface area contributed by atoms with Gasteiger partial charge in [-0.2, -0.15) is 0 Å². The second kappa shape index (κ2) is 5.28. The highest BCUT2D eigenvalue weighted by atomic mass is 79.9. The molecule has 0 bridgehead atoms. The minimum absolute atomic E-state index is 0.0467. The van der Waals surface area contributed by atoms with Crippen LogP contribution in [-0.2, 0) is 0 Å². The molecule has 2 N–H and O–H groups in total. The molecule has 2 heterocycles. The van der Waals surface area contributed by atoms with E-state index in [4.69, 9.17) is 5.11 Å². The number of carbonyl (C=O) groups is 2. The van der Waals surface area contributed by atoms with Crippen molar-refractivity contribution in [1.29, 1.82) is 0 Å². The molecule has 0 aliphatic heterocycles. The molecule has 2 aromatic heterocycles. The standard InChI is InChI=1S/C11H7BrN2O3S/c12-8-3-4-9(18-8)14-10(15)7-2-1-6(5-13-7)11(16)17/h1-5H,(H,14,15)(H,16,17). The van der Waals surface area contributed by atoms with Crippen LogP contribution in [0.3, 0.4) is 0 Å².